The third kappa shape index (κ3) is 4.56. The minimum atomic E-state index is -0.481. The zero-order valence-corrected chi connectivity index (χ0v) is 12.8. The highest BCUT2D eigenvalue weighted by atomic mass is 32.1. The highest BCUT2D eigenvalue weighted by Gasteiger charge is 2.16. The van der Waals surface area contributed by atoms with Crippen molar-refractivity contribution in [1.82, 2.24) is 4.90 Å². The lowest BCUT2D eigenvalue weighted by Crippen LogP contribution is -2.34. The topological polar surface area (TPSA) is 49.5 Å². The second-order valence-electron chi connectivity index (χ2n) is 4.91. The summed E-state index contributed by atoms with van der Waals surface area (Å²) in [6.07, 6.45) is 1.71. The van der Waals surface area contributed by atoms with E-state index in [1.807, 2.05) is 24.3 Å². The second-order valence-corrected chi connectivity index (χ2v) is 5.35. The van der Waals surface area contributed by atoms with Gasteiger partial charge < -0.3 is 15.7 Å². The Morgan fingerprint density at radius 3 is 2.21 bits per heavy atom. The third-order valence-corrected chi connectivity index (χ3v) is 3.84. The molecule has 1 rings (SSSR count). The molecule has 0 heterocycles. The van der Waals surface area contributed by atoms with Gasteiger partial charge in [-0.2, -0.15) is 0 Å². The summed E-state index contributed by atoms with van der Waals surface area (Å²) < 4.78 is 0. The molecule has 0 fully saturated rings. The number of likely N-dealkylation sites (N-methyl/N-ethyl adjacent to an activating group) is 1. The summed E-state index contributed by atoms with van der Waals surface area (Å²) in [6.45, 7) is 4.99. The van der Waals surface area contributed by atoms with Crippen molar-refractivity contribution in [2.45, 2.75) is 38.8 Å². The van der Waals surface area contributed by atoms with Crippen molar-refractivity contribution in [3.63, 3.8) is 0 Å². The number of nitrogens with two attached hydrogens (primary N) is 1. The first-order valence-electron chi connectivity index (χ1n) is 6.77. The Balaban J connectivity index is 2.67. The van der Waals surface area contributed by atoms with Gasteiger partial charge in [-0.05, 0) is 25.5 Å². The number of aliphatic hydroxyl groups excluding tert-OH is 1. The van der Waals surface area contributed by atoms with Gasteiger partial charge in [-0.25, -0.2) is 0 Å². The molecule has 0 aliphatic carbocycles. The average molecular weight is 280 g/mol. The van der Waals surface area contributed by atoms with E-state index in [0.29, 0.717) is 17.6 Å². The van der Waals surface area contributed by atoms with Gasteiger partial charge in [0, 0.05) is 18.2 Å². The Hall–Kier alpha value is -0.970. The first-order valence-corrected chi connectivity index (χ1v) is 7.18. The van der Waals surface area contributed by atoms with E-state index in [1.165, 1.54) is 0 Å². The van der Waals surface area contributed by atoms with E-state index in [0.717, 1.165) is 24.0 Å². The summed E-state index contributed by atoms with van der Waals surface area (Å²) in [4.78, 5) is 2.60. The standard InChI is InChI=1S/C15H24N2OS/c1-4-13(5-2)17(3)10-14(18)11-6-8-12(9-7-11)15(16)19/h6-9,13-14,18H,4-5,10H2,1-3H3,(H2,16,19). The van der Waals surface area contributed by atoms with E-state index in [-0.39, 0.29) is 0 Å². The van der Waals surface area contributed by atoms with E-state index < -0.39 is 6.10 Å². The molecule has 19 heavy (non-hydrogen) atoms. The molecule has 3 N–H and O–H groups in total. The molecule has 3 nitrogen and oxygen atoms in total. The maximum absolute atomic E-state index is 10.3. The van der Waals surface area contributed by atoms with Crippen LogP contribution in [-0.2, 0) is 0 Å². The molecule has 0 aliphatic heterocycles. The lowest BCUT2D eigenvalue weighted by Gasteiger charge is -2.28. The predicted molar refractivity (Wildman–Crippen MR) is 84.3 cm³/mol. The molecule has 0 bridgehead atoms. The molecule has 0 radical (unpaired) electrons. The summed E-state index contributed by atoms with van der Waals surface area (Å²) in [7, 11) is 2.06. The van der Waals surface area contributed by atoms with Crippen LogP contribution in [0.15, 0.2) is 24.3 Å². The Bertz CT molecular complexity index is 401. The quantitative estimate of drug-likeness (QED) is 0.753. The van der Waals surface area contributed by atoms with Crippen molar-refractivity contribution in [3.05, 3.63) is 35.4 Å². The number of aliphatic hydroxyl groups is 1. The van der Waals surface area contributed by atoms with Crippen LogP contribution in [0, 0.1) is 0 Å². The SMILES string of the molecule is CCC(CC)N(C)CC(O)c1ccc(C(N)=S)cc1. The van der Waals surface area contributed by atoms with Gasteiger partial charge in [-0.15, -0.1) is 0 Å². The van der Waals surface area contributed by atoms with Crippen LogP contribution in [0.25, 0.3) is 0 Å². The van der Waals surface area contributed by atoms with E-state index >= 15 is 0 Å². The summed E-state index contributed by atoms with van der Waals surface area (Å²) in [5.41, 5.74) is 7.29. The lowest BCUT2D eigenvalue weighted by atomic mass is 10.0. The van der Waals surface area contributed by atoms with E-state index in [1.54, 1.807) is 0 Å². The molecule has 0 aromatic heterocycles. The Labute approximate surface area is 121 Å². The molecule has 0 amide bonds. The zero-order chi connectivity index (χ0) is 14.4. The van der Waals surface area contributed by atoms with Crippen molar-refractivity contribution in [2.24, 2.45) is 5.73 Å². The van der Waals surface area contributed by atoms with Crippen molar-refractivity contribution >= 4 is 17.2 Å². The van der Waals surface area contributed by atoms with Gasteiger partial charge in [0.15, 0.2) is 0 Å². The maximum atomic E-state index is 10.3. The molecule has 4 heteroatoms. The average Bonchev–Trinajstić information content (AvgIpc) is 2.40. The smallest absolute Gasteiger partial charge is 0.103 e. The van der Waals surface area contributed by atoms with Crippen molar-refractivity contribution in [1.29, 1.82) is 0 Å². The first-order chi connectivity index (χ1) is 8.99. The van der Waals surface area contributed by atoms with Crippen LogP contribution in [0.5, 0.6) is 0 Å². The predicted octanol–water partition coefficient (Wildman–Crippen LogP) is 2.47. The molecule has 1 aromatic carbocycles. The van der Waals surface area contributed by atoms with Gasteiger partial charge in [-0.1, -0.05) is 50.3 Å². The van der Waals surface area contributed by atoms with Gasteiger partial charge in [0.2, 0.25) is 0 Å². The zero-order valence-electron chi connectivity index (χ0n) is 12.0. The van der Waals surface area contributed by atoms with Crippen LogP contribution >= 0.6 is 12.2 Å². The van der Waals surface area contributed by atoms with Gasteiger partial charge in [0.25, 0.3) is 0 Å². The van der Waals surface area contributed by atoms with Crippen molar-refractivity contribution in [2.75, 3.05) is 13.6 Å². The van der Waals surface area contributed by atoms with E-state index in [2.05, 4.69) is 25.8 Å². The van der Waals surface area contributed by atoms with Crippen LogP contribution in [0.4, 0.5) is 0 Å². The van der Waals surface area contributed by atoms with Crippen LogP contribution in [0.2, 0.25) is 0 Å². The number of thiocarbonyl (C=S) groups is 1. The molecule has 1 unspecified atom stereocenters. The molecule has 1 atom stereocenters. The fourth-order valence-electron chi connectivity index (χ4n) is 2.31. The van der Waals surface area contributed by atoms with Crippen LogP contribution in [0.1, 0.15) is 43.9 Å². The molecule has 0 aliphatic rings. The Morgan fingerprint density at radius 2 is 1.79 bits per heavy atom. The van der Waals surface area contributed by atoms with Gasteiger partial charge in [-0.3, -0.25) is 0 Å². The van der Waals surface area contributed by atoms with Crippen molar-refractivity contribution < 1.29 is 5.11 Å². The number of hydrogen-bond acceptors (Lipinski definition) is 3. The number of nitrogens with zero attached hydrogens (tertiary/aromatic N) is 1. The third-order valence-electron chi connectivity index (χ3n) is 3.61. The first kappa shape index (κ1) is 16.1. The monoisotopic (exact) mass is 280 g/mol. The molecule has 0 saturated heterocycles. The van der Waals surface area contributed by atoms with Gasteiger partial charge in [0.05, 0.1) is 6.10 Å². The van der Waals surface area contributed by atoms with E-state index in [4.69, 9.17) is 18.0 Å². The molecule has 1 aromatic rings. The Kier molecular flexibility index (Phi) is 6.42. The van der Waals surface area contributed by atoms with Gasteiger partial charge in [0.1, 0.15) is 4.99 Å². The largest absolute Gasteiger partial charge is 0.389 e. The highest BCUT2D eigenvalue weighted by Crippen LogP contribution is 2.17. The van der Waals surface area contributed by atoms with E-state index in [9.17, 15) is 5.11 Å². The van der Waals surface area contributed by atoms with Crippen LogP contribution < -0.4 is 5.73 Å². The van der Waals surface area contributed by atoms with Gasteiger partial charge >= 0.3 is 0 Å². The van der Waals surface area contributed by atoms with Crippen molar-refractivity contribution in [3.8, 4) is 0 Å². The number of benzene rings is 1. The molecular formula is C15H24N2OS. The molecule has 0 spiro atoms. The lowest BCUT2D eigenvalue weighted by molar-refractivity contribution is 0.101. The second kappa shape index (κ2) is 7.58. The summed E-state index contributed by atoms with van der Waals surface area (Å²) in [5, 5.41) is 10.3. The minimum Gasteiger partial charge on any atom is -0.389 e. The molecular weight excluding hydrogens is 256 g/mol. The summed E-state index contributed by atoms with van der Waals surface area (Å²) >= 11 is 4.91. The fourth-order valence-corrected chi connectivity index (χ4v) is 2.44. The summed E-state index contributed by atoms with van der Waals surface area (Å²) in [6, 6.07) is 8.01. The number of hydrogen-bond donors (Lipinski definition) is 2. The molecule has 106 valence electrons. The molecule has 0 saturated carbocycles. The maximum Gasteiger partial charge on any atom is 0.103 e. The highest BCUT2D eigenvalue weighted by molar-refractivity contribution is 7.80. The van der Waals surface area contributed by atoms with Crippen LogP contribution in [-0.4, -0.2) is 34.6 Å². The minimum absolute atomic E-state index is 0.384. The van der Waals surface area contributed by atoms with Crippen LogP contribution in [0.3, 0.4) is 0 Å². The normalized spacial score (nSPS) is 12.9. The fraction of sp³-hybridized carbons (Fsp3) is 0.533. The summed E-state index contributed by atoms with van der Waals surface area (Å²) in [5.74, 6) is 0. The number of rotatable bonds is 7. The Morgan fingerprint density at radius 1 is 1.26 bits per heavy atom.